The molecule has 3 atom stereocenters. The fourth-order valence-electron chi connectivity index (χ4n) is 4.69. The molecule has 1 aromatic heterocycles. The van der Waals surface area contributed by atoms with Gasteiger partial charge in [-0.05, 0) is 56.6 Å². The summed E-state index contributed by atoms with van der Waals surface area (Å²) in [4.78, 5) is 65.4. The average molecular weight is 541 g/mol. The summed E-state index contributed by atoms with van der Waals surface area (Å²) in [5.41, 5.74) is 0.573. The molecular formula is C29H40N4O6. The van der Waals surface area contributed by atoms with Crippen LogP contribution in [-0.4, -0.2) is 65.5 Å². The van der Waals surface area contributed by atoms with Gasteiger partial charge >= 0.3 is 6.03 Å². The Morgan fingerprint density at radius 2 is 1.67 bits per heavy atom. The molecule has 0 saturated carbocycles. The van der Waals surface area contributed by atoms with Gasteiger partial charge in [-0.1, -0.05) is 45.9 Å². The summed E-state index contributed by atoms with van der Waals surface area (Å²) >= 11 is 0. The van der Waals surface area contributed by atoms with Gasteiger partial charge < -0.3 is 25.3 Å². The second-order valence-electron chi connectivity index (χ2n) is 11.1. The molecule has 1 aliphatic heterocycles. The lowest BCUT2D eigenvalue weighted by molar-refractivity contribution is -0.129. The van der Waals surface area contributed by atoms with Crippen molar-refractivity contribution in [2.75, 3.05) is 13.1 Å². The van der Waals surface area contributed by atoms with E-state index in [2.05, 4.69) is 16.0 Å². The standard InChI is InChI=1S/C29H40N4O6/c1-17(2)13-22(19(5)34)32-29(38)33-12-8-10-21(24(35)16-33)30-27(36)23(14-18(3)4)31-28(37)26-15-20-9-6-7-11-25(20)39-26/h6-7,9,11,15,17-18,21-23H,8,10,12-14,16H2,1-5H3,(H,30,36)(H,31,37)(H,32,38)/t21?,22-,23+/m1/s1. The molecule has 3 N–H and O–H groups in total. The van der Waals surface area contributed by atoms with Crippen molar-refractivity contribution in [2.45, 2.75) is 78.4 Å². The third kappa shape index (κ3) is 8.40. The van der Waals surface area contributed by atoms with Crippen LogP contribution < -0.4 is 16.0 Å². The number of hydrogen-bond donors (Lipinski definition) is 3. The summed E-state index contributed by atoms with van der Waals surface area (Å²) in [5, 5.41) is 9.08. The van der Waals surface area contributed by atoms with Crippen molar-refractivity contribution < 1.29 is 28.4 Å². The number of furan rings is 1. The number of benzene rings is 1. The molecule has 4 amide bonds. The number of para-hydroxylation sites is 1. The second kappa shape index (κ2) is 13.4. The van der Waals surface area contributed by atoms with Crippen molar-refractivity contribution in [1.29, 1.82) is 0 Å². The van der Waals surface area contributed by atoms with E-state index in [9.17, 15) is 24.0 Å². The Hall–Kier alpha value is -3.69. The minimum atomic E-state index is -0.867. The predicted octanol–water partition coefficient (Wildman–Crippen LogP) is 3.44. The lowest BCUT2D eigenvalue weighted by Crippen LogP contribution is -2.53. The first kappa shape index (κ1) is 29.9. The van der Waals surface area contributed by atoms with Gasteiger partial charge in [-0.3, -0.25) is 19.2 Å². The molecule has 0 bridgehead atoms. The van der Waals surface area contributed by atoms with Crippen LogP contribution in [0.4, 0.5) is 4.79 Å². The van der Waals surface area contributed by atoms with E-state index in [0.717, 1.165) is 5.39 Å². The number of nitrogens with one attached hydrogen (secondary N) is 3. The van der Waals surface area contributed by atoms with Crippen LogP contribution in [0.3, 0.4) is 0 Å². The number of likely N-dealkylation sites (tertiary alicyclic amines) is 1. The molecular weight excluding hydrogens is 500 g/mol. The molecule has 3 rings (SSSR count). The van der Waals surface area contributed by atoms with E-state index in [1.165, 1.54) is 11.8 Å². The normalized spacial score (nSPS) is 17.6. The van der Waals surface area contributed by atoms with E-state index in [1.807, 2.05) is 45.9 Å². The van der Waals surface area contributed by atoms with E-state index in [-0.39, 0.29) is 35.7 Å². The summed E-state index contributed by atoms with van der Waals surface area (Å²) in [7, 11) is 0. The molecule has 39 heavy (non-hydrogen) atoms. The third-order valence-corrected chi connectivity index (χ3v) is 6.73. The number of urea groups is 1. The molecule has 1 fully saturated rings. The highest BCUT2D eigenvalue weighted by molar-refractivity contribution is 6.00. The maximum absolute atomic E-state index is 13.2. The first-order valence-corrected chi connectivity index (χ1v) is 13.6. The molecule has 212 valence electrons. The van der Waals surface area contributed by atoms with Crippen LogP contribution in [0, 0.1) is 11.8 Å². The molecule has 1 saturated heterocycles. The fourth-order valence-corrected chi connectivity index (χ4v) is 4.69. The smallest absolute Gasteiger partial charge is 0.318 e. The quantitative estimate of drug-likeness (QED) is 0.422. The average Bonchev–Trinajstić information content (AvgIpc) is 3.21. The molecule has 0 radical (unpaired) electrons. The number of hydrogen-bond acceptors (Lipinski definition) is 6. The topological polar surface area (TPSA) is 138 Å². The highest BCUT2D eigenvalue weighted by Gasteiger charge is 2.32. The number of Topliss-reactive ketones (excluding diaryl/α,β-unsaturated/α-hetero) is 2. The maximum atomic E-state index is 13.2. The number of amides is 4. The van der Waals surface area contributed by atoms with E-state index in [4.69, 9.17) is 4.42 Å². The van der Waals surface area contributed by atoms with Crippen molar-refractivity contribution in [3.8, 4) is 0 Å². The largest absolute Gasteiger partial charge is 0.451 e. The van der Waals surface area contributed by atoms with E-state index in [0.29, 0.717) is 37.8 Å². The van der Waals surface area contributed by atoms with Crippen molar-refractivity contribution in [3.63, 3.8) is 0 Å². The van der Waals surface area contributed by atoms with E-state index < -0.39 is 36.0 Å². The first-order chi connectivity index (χ1) is 18.4. The summed E-state index contributed by atoms with van der Waals surface area (Å²) in [6.45, 7) is 9.40. The summed E-state index contributed by atoms with van der Waals surface area (Å²) in [6.07, 6.45) is 1.75. The fraction of sp³-hybridized carbons (Fsp3) is 0.552. The van der Waals surface area contributed by atoms with Crippen LogP contribution >= 0.6 is 0 Å². The number of carbonyl (C=O) groups excluding carboxylic acids is 5. The van der Waals surface area contributed by atoms with Gasteiger partial charge in [-0.25, -0.2) is 4.79 Å². The second-order valence-corrected chi connectivity index (χ2v) is 11.1. The zero-order valence-electron chi connectivity index (χ0n) is 23.4. The summed E-state index contributed by atoms with van der Waals surface area (Å²) < 4.78 is 5.63. The van der Waals surface area contributed by atoms with Gasteiger partial charge in [-0.15, -0.1) is 0 Å². The third-order valence-electron chi connectivity index (χ3n) is 6.73. The van der Waals surface area contributed by atoms with Crippen LogP contribution in [0.25, 0.3) is 11.0 Å². The Labute approximate surface area is 229 Å². The maximum Gasteiger partial charge on any atom is 0.318 e. The number of ketones is 2. The van der Waals surface area contributed by atoms with Gasteiger partial charge in [0.25, 0.3) is 5.91 Å². The van der Waals surface area contributed by atoms with Crippen molar-refractivity contribution in [3.05, 3.63) is 36.1 Å². The lowest BCUT2D eigenvalue weighted by atomic mass is 10.0. The van der Waals surface area contributed by atoms with Gasteiger partial charge in [0.15, 0.2) is 17.3 Å². The Morgan fingerprint density at radius 1 is 1.00 bits per heavy atom. The number of carbonyl (C=O) groups is 5. The van der Waals surface area contributed by atoms with Crippen LogP contribution in [0.1, 0.15) is 70.9 Å². The Balaban J connectivity index is 1.63. The zero-order valence-corrected chi connectivity index (χ0v) is 23.4. The SMILES string of the molecule is CC(=O)[C@@H](CC(C)C)NC(=O)N1CCCC(NC(=O)[C@H](CC(C)C)NC(=O)c2cc3ccccc3o2)C(=O)C1. The zero-order chi connectivity index (χ0) is 28.7. The van der Waals surface area contributed by atoms with Crippen molar-refractivity contribution in [2.24, 2.45) is 11.8 Å². The first-order valence-electron chi connectivity index (χ1n) is 13.6. The summed E-state index contributed by atoms with van der Waals surface area (Å²) in [5.74, 6) is -0.986. The molecule has 0 aliphatic carbocycles. The van der Waals surface area contributed by atoms with Gasteiger partial charge in [0.05, 0.1) is 18.6 Å². The Kier molecular flexibility index (Phi) is 10.3. The highest BCUT2D eigenvalue weighted by Crippen LogP contribution is 2.19. The number of nitrogens with zero attached hydrogens (tertiary/aromatic N) is 1. The molecule has 2 aromatic rings. The van der Waals surface area contributed by atoms with Gasteiger partial charge in [0, 0.05) is 11.9 Å². The molecule has 1 unspecified atom stereocenters. The molecule has 1 aliphatic rings. The molecule has 10 heteroatoms. The van der Waals surface area contributed by atoms with Gasteiger partial charge in [-0.2, -0.15) is 0 Å². The molecule has 1 aromatic carbocycles. The lowest BCUT2D eigenvalue weighted by Gasteiger charge is -2.25. The molecule has 2 heterocycles. The molecule has 10 nitrogen and oxygen atoms in total. The van der Waals surface area contributed by atoms with Crippen LogP contribution in [-0.2, 0) is 14.4 Å². The number of fused-ring (bicyclic) bond motifs is 1. The van der Waals surface area contributed by atoms with E-state index in [1.54, 1.807) is 12.1 Å². The van der Waals surface area contributed by atoms with Crippen LogP contribution in [0.2, 0.25) is 0 Å². The molecule has 0 spiro atoms. The van der Waals surface area contributed by atoms with Crippen LogP contribution in [0.15, 0.2) is 34.7 Å². The van der Waals surface area contributed by atoms with Gasteiger partial charge in [0.1, 0.15) is 11.6 Å². The number of rotatable bonds is 10. The monoisotopic (exact) mass is 540 g/mol. The Morgan fingerprint density at radius 3 is 2.31 bits per heavy atom. The predicted molar refractivity (Wildman–Crippen MR) is 147 cm³/mol. The van der Waals surface area contributed by atoms with E-state index >= 15 is 0 Å². The Bertz CT molecular complexity index is 1170. The van der Waals surface area contributed by atoms with Crippen LogP contribution in [0.5, 0.6) is 0 Å². The van der Waals surface area contributed by atoms with Crippen molar-refractivity contribution in [1.82, 2.24) is 20.9 Å². The minimum absolute atomic E-state index is 0.0980. The minimum Gasteiger partial charge on any atom is -0.451 e. The summed E-state index contributed by atoms with van der Waals surface area (Å²) in [6, 6.07) is 6.14. The van der Waals surface area contributed by atoms with Crippen molar-refractivity contribution >= 4 is 40.4 Å². The highest BCUT2D eigenvalue weighted by atomic mass is 16.3. The van der Waals surface area contributed by atoms with Gasteiger partial charge in [0.2, 0.25) is 5.91 Å².